The van der Waals surface area contributed by atoms with Crippen LogP contribution in [0.4, 0.5) is 0 Å². The summed E-state index contributed by atoms with van der Waals surface area (Å²) in [6.45, 7) is 3.79. The molecule has 0 aliphatic carbocycles. The number of pyridine rings is 1. The number of aryl methyl sites for hydroxylation is 2. The number of carbonyl (C=O) groups excluding carboxylic acids is 1. The first kappa shape index (κ1) is 11.9. The van der Waals surface area contributed by atoms with Crippen LogP contribution in [0.2, 0.25) is 0 Å². The van der Waals surface area contributed by atoms with E-state index in [1.165, 1.54) is 0 Å². The molecule has 5 heteroatoms. The van der Waals surface area contributed by atoms with Gasteiger partial charge in [0.1, 0.15) is 16.2 Å². The lowest BCUT2D eigenvalue weighted by Crippen LogP contribution is -2.12. The molecule has 0 unspecified atom stereocenters. The average Bonchev–Trinajstić information content (AvgIpc) is 2.84. The quantitative estimate of drug-likeness (QED) is 0.784. The highest BCUT2D eigenvalue weighted by molar-refractivity contribution is 7.71. The van der Waals surface area contributed by atoms with Gasteiger partial charge in [-0.3, -0.25) is 4.79 Å². The number of carbonyl (C=O) groups is 1. The first-order valence-electron chi connectivity index (χ1n) is 5.88. The first-order valence-corrected chi connectivity index (χ1v) is 6.29. The van der Waals surface area contributed by atoms with Gasteiger partial charge in [0.05, 0.1) is 11.3 Å². The molecule has 0 spiro atoms. The van der Waals surface area contributed by atoms with Crippen molar-refractivity contribution in [3.05, 3.63) is 51.2 Å². The van der Waals surface area contributed by atoms with Crippen LogP contribution in [0.25, 0.3) is 11.8 Å². The van der Waals surface area contributed by atoms with Crippen LogP contribution in [0.1, 0.15) is 33.1 Å². The minimum absolute atomic E-state index is 0.175. The summed E-state index contributed by atoms with van der Waals surface area (Å²) in [5.41, 5.74) is 2.98. The smallest absolute Gasteiger partial charge is 0.259 e. The maximum absolute atomic E-state index is 11.9. The molecule has 1 aliphatic rings. The van der Waals surface area contributed by atoms with Gasteiger partial charge in [0.15, 0.2) is 0 Å². The summed E-state index contributed by atoms with van der Waals surface area (Å²) in [7, 11) is 0. The van der Waals surface area contributed by atoms with Crippen molar-refractivity contribution < 1.29 is 9.21 Å². The fourth-order valence-corrected chi connectivity index (χ4v) is 2.53. The molecule has 0 saturated heterocycles. The van der Waals surface area contributed by atoms with Gasteiger partial charge in [0.2, 0.25) is 0 Å². The minimum atomic E-state index is -0.175. The number of hydrogen-bond donors (Lipinski definition) is 2. The number of amides is 1. The molecular weight excluding hydrogens is 260 g/mol. The van der Waals surface area contributed by atoms with Gasteiger partial charge in [0, 0.05) is 17.3 Å². The second-order valence-electron chi connectivity index (χ2n) is 4.53. The Balaban J connectivity index is 2.17. The molecule has 0 saturated carbocycles. The average molecular weight is 272 g/mol. The van der Waals surface area contributed by atoms with Crippen molar-refractivity contribution in [3.8, 4) is 0 Å². The monoisotopic (exact) mass is 272 g/mol. The normalized spacial score (nSPS) is 15.7. The summed E-state index contributed by atoms with van der Waals surface area (Å²) in [4.78, 5) is 14.9. The third kappa shape index (κ3) is 2.02. The molecule has 1 aliphatic heterocycles. The van der Waals surface area contributed by atoms with Gasteiger partial charge in [-0.15, -0.1) is 0 Å². The van der Waals surface area contributed by atoms with Gasteiger partial charge in [-0.2, -0.15) is 0 Å². The maximum Gasteiger partial charge on any atom is 0.259 e. The fraction of sp³-hybridized carbons (Fsp3) is 0.143. The Labute approximate surface area is 115 Å². The molecule has 0 radical (unpaired) electrons. The number of hydrogen-bond acceptors (Lipinski definition) is 3. The number of aromatic nitrogens is 1. The molecule has 0 bridgehead atoms. The molecule has 4 nitrogen and oxygen atoms in total. The van der Waals surface area contributed by atoms with Crippen LogP contribution < -0.4 is 5.32 Å². The minimum Gasteiger partial charge on any atom is -0.462 e. The third-order valence-corrected chi connectivity index (χ3v) is 3.29. The van der Waals surface area contributed by atoms with E-state index in [9.17, 15) is 4.79 Å². The Morgan fingerprint density at radius 1 is 1.32 bits per heavy atom. The van der Waals surface area contributed by atoms with Crippen molar-refractivity contribution in [3.63, 3.8) is 0 Å². The molecule has 0 atom stereocenters. The van der Waals surface area contributed by atoms with E-state index >= 15 is 0 Å². The van der Waals surface area contributed by atoms with E-state index < -0.39 is 0 Å². The van der Waals surface area contributed by atoms with Crippen molar-refractivity contribution in [1.82, 2.24) is 10.3 Å². The van der Waals surface area contributed by atoms with Crippen molar-refractivity contribution in [1.29, 1.82) is 0 Å². The van der Waals surface area contributed by atoms with E-state index in [0.29, 0.717) is 16.0 Å². The predicted octanol–water partition coefficient (Wildman–Crippen LogP) is 3.20. The Morgan fingerprint density at radius 2 is 2.11 bits per heavy atom. The van der Waals surface area contributed by atoms with Crippen LogP contribution in [0, 0.1) is 18.5 Å². The zero-order valence-corrected chi connectivity index (χ0v) is 11.4. The zero-order chi connectivity index (χ0) is 13.6. The Hall–Kier alpha value is -2.14. The largest absolute Gasteiger partial charge is 0.462 e. The molecule has 19 heavy (non-hydrogen) atoms. The van der Waals surface area contributed by atoms with Crippen molar-refractivity contribution in [2.75, 3.05) is 0 Å². The number of H-pyrrole nitrogens is 1. The molecule has 1 amide bonds. The molecule has 2 N–H and O–H groups in total. The third-order valence-electron chi connectivity index (χ3n) is 2.98. The van der Waals surface area contributed by atoms with Crippen LogP contribution in [-0.4, -0.2) is 10.9 Å². The van der Waals surface area contributed by atoms with Crippen LogP contribution in [0.5, 0.6) is 0 Å². The Bertz CT molecular complexity index is 768. The standard InChI is InChI=1S/C14H12N2O2S/c1-7-5-10-11(6-9-4-3-8(2)18-9)16-13(17)12(10)14(19)15-7/h3-6H,1-2H3,(H,15,19)(H,16,17)/b11-6-. The molecule has 2 aromatic rings. The number of rotatable bonds is 1. The Kier molecular flexibility index (Phi) is 2.64. The van der Waals surface area contributed by atoms with Crippen molar-refractivity contribution in [2.45, 2.75) is 13.8 Å². The van der Waals surface area contributed by atoms with Gasteiger partial charge < -0.3 is 14.7 Å². The van der Waals surface area contributed by atoms with Crippen LogP contribution in [0.3, 0.4) is 0 Å². The van der Waals surface area contributed by atoms with E-state index in [1.54, 1.807) is 0 Å². The summed E-state index contributed by atoms with van der Waals surface area (Å²) in [6, 6.07) is 5.65. The maximum atomic E-state index is 11.9. The van der Waals surface area contributed by atoms with Gasteiger partial charge in [-0.05, 0) is 32.0 Å². The molecule has 3 heterocycles. The van der Waals surface area contributed by atoms with Crippen LogP contribution >= 0.6 is 12.2 Å². The highest BCUT2D eigenvalue weighted by Crippen LogP contribution is 2.27. The van der Waals surface area contributed by atoms with Crippen molar-refractivity contribution in [2.24, 2.45) is 0 Å². The zero-order valence-electron chi connectivity index (χ0n) is 10.5. The lowest BCUT2D eigenvalue weighted by molar-refractivity contribution is 0.0980. The molecule has 96 valence electrons. The lowest BCUT2D eigenvalue weighted by Gasteiger charge is -2.01. The SMILES string of the molecule is Cc1cc2c(c(=S)[nH]1)C(=O)N/C2=C\c1ccc(C)o1. The lowest BCUT2D eigenvalue weighted by atomic mass is 10.1. The molecule has 2 aromatic heterocycles. The highest BCUT2D eigenvalue weighted by atomic mass is 32.1. The summed E-state index contributed by atoms with van der Waals surface area (Å²) in [5.74, 6) is 1.36. The summed E-state index contributed by atoms with van der Waals surface area (Å²) in [6.07, 6.45) is 1.81. The van der Waals surface area contributed by atoms with Gasteiger partial charge in [-0.1, -0.05) is 12.2 Å². The van der Waals surface area contributed by atoms with Gasteiger partial charge in [0.25, 0.3) is 5.91 Å². The fourth-order valence-electron chi connectivity index (χ4n) is 2.17. The van der Waals surface area contributed by atoms with E-state index in [2.05, 4.69) is 10.3 Å². The first-order chi connectivity index (χ1) is 9.04. The van der Waals surface area contributed by atoms with E-state index in [0.717, 1.165) is 22.7 Å². The Morgan fingerprint density at radius 3 is 2.79 bits per heavy atom. The van der Waals surface area contributed by atoms with Gasteiger partial charge in [-0.25, -0.2) is 0 Å². The number of nitrogens with one attached hydrogen (secondary N) is 2. The molecular formula is C14H12N2O2S. The van der Waals surface area contributed by atoms with Gasteiger partial charge >= 0.3 is 0 Å². The molecule has 0 aromatic carbocycles. The number of furan rings is 1. The molecule has 3 rings (SSSR count). The van der Waals surface area contributed by atoms with E-state index in [1.807, 2.05) is 38.1 Å². The predicted molar refractivity (Wildman–Crippen MR) is 75.1 cm³/mol. The summed E-state index contributed by atoms with van der Waals surface area (Å²) < 4.78 is 5.96. The topological polar surface area (TPSA) is 58.0 Å². The van der Waals surface area contributed by atoms with Crippen molar-refractivity contribution >= 4 is 29.9 Å². The number of aromatic amines is 1. The highest BCUT2D eigenvalue weighted by Gasteiger charge is 2.25. The van der Waals surface area contributed by atoms with E-state index in [-0.39, 0.29) is 5.91 Å². The van der Waals surface area contributed by atoms with E-state index in [4.69, 9.17) is 16.6 Å². The summed E-state index contributed by atoms with van der Waals surface area (Å²) >= 11 is 5.20. The number of fused-ring (bicyclic) bond motifs is 1. The van der Waals surface area contributed by atoms with Crippen LogP contribution in [-0.2, 0) is 0 Å². The second kappa shape index (κ2) is 4.20. The van der Waals surface area contributed by atoms with Crippen LogP contribution in [0.15, 0.2) is 22.6 Å². The molecule has 0 fully saturated rings. The summed E-state index contributed by atoms with van der Waals surface area (Å²) in [5, 5.41) is 2.82. The second-order valence-corrected chi connectivity index (χ2v) is 4.94.